The largest absolute Gasteiger partial charge is 0.316 e. The highest BCUT2D eigenvalue weighted by molar-refractivity contribution is 7.09. The van der Waals surface area contributed by atoms with Crippen LogP contribution in [-0.4, -0.2) is 36.1 Å². The molecule has 0 amide bonds. The second-order valence-corrected chi connectivity index (χ2v) is 6.81. The number of nitrogens with zero attached hydrogens (tertiary/aromatic N) is 2. The first-order valence-electron chi connectivity index (χ1n) is 7.16. The molecule has 5 heteroatoms. The first-order chi connectivity index (χ1) is 8.80. The van der Waals surface area contributed by atoms with Crippen LogP contribution in [0.3, 0.4) is 0 Å². The van der Waals surface area contributed by atoms with Crippen LogP contribution in [0.25, 0.3) is 0 Å². The summed E-state index contributed by atoms with van der Waals surface area (Å²) in [6, 6.07) is 0. The lowest BCUT2D eigenvalue weighted by Gasteiger charge is -2.22. The van der Waals surface area contributed by atoms with Gasteiger partial charge in [-0.3, -0.25) is 4.90 Å². The lowest BCUT2D eigenvalue weighted by atomic mass is 9.87. The molecule has 0 aliphatic carbocycles. The summed E-state index contributed by atoms with van der Waals surface area (Å²) >= 11 is 1.84. The molecule has 1 aromatic heterocycles. The molecule has 1 atom stereocenters. The first kappa shape index (κ1) is 15.2. The van der Waals surface area contributed by atoms with E-state index in [2.05, 4.69) is 22.5 Å². The number of thiazole rings is 1. The number of likely N-dealkylation sites (tertiary alicyclic amines) is 1. The van der Waals surface area contributed by atoms with Crippen molar-refractivity contribution in [3.63, 3.8) is 0 Å². The van der Waals surface area contributed by atoms with E-state index >= 15 is 0 Å². The van der Waals surface area contributed by atoms with Gasteiger partial charge in [0.15, 0.2) is 0 Å². The average molecular weight is 302 g/mol. The van der Waals surface area contributed by atoms with E-state index in [1.54, 1.807) is 0 Å². The molecule has 3 rings (SSSR count). The summed E-state index contributed by atoms with van der Waals surface area (Å²) in [7, 11) is 0. The second kappa shape index (κ2) is 6.53. The molecule has 19 heavy (non-hydrogen) atoms. The van der Waals surface area contributed by atoms with Crippen LogP contribution < -0.4 is 5.32 Å². The predicted octanol–water partition coefficient (Wildman–Crippen LogP) is 2.70. The number of rotatable bonds is 4. The molecule has 2 aliphatic heterocycles. The average Bonchev–Trinajstić information content (AvgIpc) is 3.06. The number of hydrogen-bond donors (Lipinski definition) is 1. The molecule has 1 aromatic rings. The maximum atomic E-state index is 4.74. The molecule has 1 unspecified atom stereocenters. The van der Waals surface area contributed by atoms with Crippen molar-refractivity contribution in [1.82, 2.24) is 15.2 Å². The van der Waals surface area contributed by atoms with Gasteiger partial charge in [0.05, 0.1) is 12.2 Å². The topological polar surface area (TPSA) is 28.2 Å². The summed E-state index contributed by atoms with van der Waals surface area (Å²) in [5, 5.41) is 7.07. The SMILES string of the molecule is CCCc1csc(CN2CCC3(CCNC3)C2)n1.Cl. The fourth-order valence-corrected chi connectivity index (χ4v) is 4.16. The van der Waals surface area contributed by atoms with E-state index in [4.69, 9.17) is 4.98 Å². The highest BCUT2D eigenvalue weighted by atomic mass is 35.5. The van der Waals surface area contributed by atoms with Crippen LogP contribution in [0.2, 0.25) is 0 Å². The van der Waals surface area contributed by atoms with Gasteiger partial charge in [-0.2, -0.15) is 0 Å². The van der Waals surface area contributed by atoms with E-state index in [1.165, 1.54) is 56.1 Å². The molecule has 1 spiro atoms. The Morgan fingerprint density at radius 1 is 1.47 bits per heavy atom. The number of aryl methyl sites for hydroxylation is 1. The van der Waals surface area contributed by atoms with Crippen molar-refractivity contribution in [3.05, 3.63) is 16.1 Å². The molecular weight excluding hydrogens is 278 g/mol. The Balaban J connectivity index is 0.00000133. The van der Waals surface area contributed by atoms with Gasteiger partial charge >= 0.3 is 0 Å². The quantitative estimate of drug-likeness (QED) is 0.927. The van der Waals surface area contributed by atoms with Gasteiger partial charge in [-0.1, -0.05) is 13.3 Å². The Labute approximate surface area is 126 Å². The van der Waals surface area contributed by atoms with Gasteiger partial charge in [-0.05, 0) is 37.8 Å². The van der Waals surface area contributed by atoms with Crippen molar-refractivity contribution in [1.29, 1.82) is 0 Å². The van der Waals surface area contributed by atoms with Gasteiger partial charge < -0.3 is 5.32 Å². The van der Waals surface area contributed by atoms with E-state index in [1.807, 2.05) is 11.3 Å². The minimum atomic E-state index is 0. The van der Waals surface area contributed by atoms with Gasteiger partial charge in [0, 0.05) is 18.5 Å². The molecule has 0 bridgehead atoms. The molecule has 2 aliphatic rings. The molecule has 1 N–H and O–H groups in total. The lowest BCUT2D eigenvalue weighted by molar-refractivity contribution is 0.268. The van der Waals surface area contributed by atoms with Crippen molar-refractivity contribution in [2.75, 3.05) is 26.2 Å². The molecular formula is C14H24ClN3S. The number of hydrogen-bond acceptors (Lipinski definition) is 4. The van der Waals surface area contributed by atoms with Crippen LogP contribution in [0.4, 0.5) is 0 Å². The first-order valence-corrected chi connectivity index (χ1v) is 8.04. The monoisotopic (exact) mass is 301 g/mol. The van der Waals surface area contributed by atoms with E-state index in [0.717, 1.165) is 13.0 Å². The van der Waals surface area contributed by atoms with Crippen molar-refractivity contribution in [2.24, 2.45) is 5.41 Å². The Kier molecular flexibility index (Phi) is 5.23. The molecule has 0 aromatic carbocycles. The molecule has 3 nitrogen and oxygen atoms in total. The summed E-state index contributed by atoms with van der Waals surface area (Å²) in [6.07, 6.45) is 5.06. The third-order valence-corrected chi connectivity index (χ3v) is 5.20. The molecule has 3 heterocycles. The van der Waals surface area contributed by atoms with Crippen LogP contribution in [0.15, 0.2) is 5.38 Å². The van der Waals surface area contributed by atoms with Gasteiger partial charge in [-0.25, -0.2) is 4.98 Å². The van der Waals surface area contributed by atoms with Gasteiger partial charge in [0.25, 0.3) is 0 Å². The Morgan fingerprint density at radius 3 is 3.11 bits per heavy atom. The standard InChI is InChI=1S/C14H23N3S.ClH/c1-2-3-12-9-18-13(16-12)8-17-7-5-14(11-17)4-6-15-10-14;/h9,15H,2-8,10-11H2,1H3;1H. The zero-order valence-electron chi connectivity index (χ0n) is 11.7. The molecule has 2 saturated heterocycles. The Morgan fingerprint density at radius 2 is 2.37 bits per heavy atom. The van der Waals surface area contributed by atoms with Crippen molar-refractivity contribution < 1.29 is 0 Å². The highest BCUT2D eigenvalue weighted by Crippen LogP contribution is 2.36. The smallest absolute Gasteiger partial charge is 0.107 e. The summed E-state index contributed by atoms with van der Waals surface area (Å²) in [6.45, 7) is 8.24. The second-order valence-electron chi connectivity index (χ2n) is 5.87. The van der Waals surface area contributed by atoms with Crippen LogP contribution in [0.5, 0.6) is 0 Å². The van der Waals surface area contributed by atoms with E-state index in [0.29, 0.717) is 5.41 Å². The highest BCUT2D eigenvalue weighted by Gasteiger charge is 2.40. The third kappa shape index (κ3) is 3.48. The summed E-state index contributed by atoms with van der Waals surface area (Å²) in [4.78, 5) is 7.34. The van der Waals surface area contributed by atoms with Crippen LogP contribution in [-0.2, 0) is 13.0 Å². The fourth-order valence-electron chi connectivity index (χ4n) is 3.29. The maximum absolute atomic E-state index is 4.74. The molecule has 108 valence electrons. The molecule has 0 radical (unpaired) electrons. The normalized spacial score (nSPS) is 27.0. The minimum absolute atomic E-state index is 0. The van der Waals surface area contributed by atoms with E-state index < -0.39 is 0 Å². The van der Waals surface area contributed by atoms with E-state index in [9.17, 15) is 0 Å². The van der Waals surface area contributed by atoms with Crippen molar-refractivity contribution >= 4 is 23.7 Å². The van der Waals surface area contributed by atoms with Crippen molar-refractivity contribution in [3.8, 4) is 0 Å². The zero-order valence-corrected chi connectivity index (χ0v) is 13.3. The number of aromatic nitrogens is 1. The molecule has 2 fully saturated rings. The third-order valence-electron chi connectivity index (χ3n) is 4.31. The molecule has 0 saturated carbocycles. The van der Waals surface area contributed by atoms with Crippen LogP contribution in [0.1, 0.15) is 36.9 Å². The van der Waals surface area contributed by atoms with Crippen molar-refractivity contribution in [2.45, 2.75) is 39.2 Å². The lowest BCUT2D eigenvalue weighted by Crippen LogP contribution is -2.28. The predicted molar refractivity (Wildman–Crippen MR) is 83.2 cm³/mol. The van der Waals surface area contributed by atoms with E-state index in [-0.39, 0.29) is 12.4 Å². The number of halogens is 1. The van der Waals surface area contributed by atoms with Gasteiger partial charge in [0.2, 0.25) is 0 Å². The summed E-state index contributed by atoms with van der Waals surface area (Å²) in [5.74, 6) is 0. The minimum Gasteiger partial charge on any atom is -0.316 e. The summed E-state index contributed by atoms with van der Waals surface area (Å²) < 4.78 is 0. The Hall–Kier alpha value is -0.160. The Bertz CT molecular complexity index is 401. The van der Waals surface area contributed by atoms with Gasteiger partial charge in [-0.15, -0.1) is 23.7 Å². The maximum Gasteiger partial charge on any atom is 0.107 e. The van der Waals surface area contributed by atoms with Crippen LogP contribution >= 0.6 is 23.7 Å². The van der Waals surface area contributed by atoms with Crippen LogP contribution in [0, 0.1) is 5.41 Å². The number of nitrogens with one attached hydrogen (secondary N) is 1. The summed E-state index contributed by atoms with van der Waals surface area (Å²) in [5.41, 5.74) is 1.87. The fraction of sp³-hybridized carbons (Fsp3) is 0.786. The zero-order chi connectivity index (χ0) is 12.4. The van der Waals surface area contributed by atoms with Gasteiger partial charge in [0.1, 0.15) is 5.01 Å².